The summed E-state index contributed by atoms with van der Waals surface area (Å²) in [4.78, 5) is 27.7. The van der Waals surface area contributed by atoms with E-state index >= 15 is 0 Å². The zero-order valence-electron chi connectivity index (χ0n) is 21.1. The quantitative estimate of drug-likeness (QED) is 0.635. The van der Waals surface area contributed by atoms with Crippen molar-refractivity contribution >= 4 is 11.7 Å². The number of piperidine rings is 1. The van der Waals surface area contributed by atoms with Gasteiger partial charge in [0.15, 0.2) is 12.4 Å². The Hall–Kier alpha value is -3.02. The summed E-state index contributed by atoms with van der Waals surface area (Å²) in [6.45, 7) is 11.4. The maximum Gasteiger partial charge on any atom is 0.260 e. The van der Waals surface area contributed by atoms with Gasteiger partial charge in [-0.3, -0.25) is 9.59 Å². The van der Waals surface area contributed by atoms with Crippen molar-refractivity contribution in [1.29, 1.82) is 0 Å². The lowest BCUT2D eigenvalue weighted by atomic mass is 9.81. The van der Waals surface area contributed by atoms with Crippen LogP contribution in [-0.4, -0.2) is 49.0 Å². The van der Waals surface area contributed by atoms with Gasteiger partial charge in [0.1, 0.15) is 22.8 Å². The molecule has 4 rings (SSSR count). The van der Waals surface area contributed by atoms with Crippen molar-refractivity contribution in [2.24, 2.45) is 0 Å². The minimum absolute atomic E-state index is 0.0244. The van der Waals surface area contributed by atoms with Crippen molar-refractivity contribution in [3.8, 4) is 17.2 Å². The summed E-state index contributed by atoms with van der Waals surface area (Å²) in [5.41, 5.74) is 3.07. The van der Waals surface area contributed by atoms with Crippen molar-refractivity contribution in [3.63, 3.8) is 0 Å². The summed E-state index contributed by atoms with van der Waals surface area (Å²) in [6.07, 6.45) is 1.63. The first-order valence-electron chi connectivity index (χ1n) is 11.9. The molecule has 6 nitrogen and oxygen atoms in total. The smallest absolute Gasteiger partial charge is 0.260 e. The summed E-state index contributed by atoms with van der Waals surface area (Å²) in [7, 11) is 1.64. The molecule has 2 heterocycles. The lowest BCUT2D eigenvalue weighted by Gasteiger charge is -2.44. The molecule has 1 spiro atoms. The number of likely N-dealkylation sites (tertiary alicyclic amines) is 1. The van der Waals surface area contributed by atoms with Crippen molar-refractivity contribution in [3.05, 3.63) is 52.6 Å². The number of methoxy groups -OCH3 is 1. The van der Waals surface area contributed by atoms with Crippen LogP contribution in [-0.2, 0) is 10.2 Å². The Morgan fingerprint density at radius 2 is 1.82 bits per heavy atom. The van der Waals surface area contributed by atoms with Gasteiger partial charge in [0.05, 0.1) is 19.1 Å². The van der Waals surface area contributed by atoms with Gasteiger partial charge in [-0.1, -0.05) is 26.8 Å². The maximum atomic E-state index is 12.9. The Bertz CT molecular complexity index is 1110. The summed E-state index contributed by atoms with van der Waals surface area (Å²) in [6, 6.07) is 9.64. The van der Waals surface area contributed by atoms with E-state index in [0.717, 1.165) is 22.4 Å². The topological polar surface area (TPSA) is 65.1 Å². The molecule has 182 valence electrons. The molecule has 0 aliphatic carbocycles. The van der Waals surface area contributed by atoms with Gasteiger partial charge in [0.2, 0.25) is 0 Å². The largest absolute Gasteiger partial charge is 0.497 e. The molecule has 0 aromatic heterocycles. The van der Waals surface area contributed by atoms with Crippen molar-refractivity contribution in [2.45, 2.75) is 64.9 Å². The van der Waals surface area contributed by atoms with Crippen LogP contribution in [0, 0.1) is 13.8 Å². The number of benzene rings is 2. The normalized spacial score (nSPS) is 17.2. The van der Waals surface area contributed by atoms with Gasteiger partial charge in [0.25, 0.3) is 5.91 Å². The molecule has 0 N–H and O–H groups in total. The zero-order chi connectivity index (χ0) is 24.7. The van der Waals surface area contributed by atoms with Crippen molar-refractivity contribution in [2.75, 3.05) is 26.8 Å². The van der Waals surface area contributed by atoms with Crippen molar-refractivity contribution in [1.82, 2.24) is 4.90 Å². The molecule has 1 amide bonds. The summed E-state index contributed by atoms with van der Waals surface area (Å²) in [5, 5.41) is 0. The van der Waals surface area contributed by atoms with E-state index in [2.05, 4.69) is 20.8 Å². The Kier molecular flexibility index (Phi) is 6.36. The van der Waals surface area contributed by atoms with Crippen LogP contribution >= 0.6 is 0 Å². The molecular weight excluding hydrogens is 430 g/mol. The number of ketones is 1. The minimum atomic E-state index is -0.530. The van der Waals surface area contributed by atoms with Crippen LogP contribution in [0.25, 0.3) is 0 Å². The molecule has 1 fully saturated rings. The average molecular weight is 466 g/mol. The maximum absolute atomic E-state index is 12.9. The number of amides is 1. The number of Topliss-reactive ketones (excluding diaryl/α,β-unsaturated/α-hetero) is 1. The van der Waals surface area contributed by atoms with Crippen molar-refractivity contribution < 1.29 is 23.8 Å². The number of aryl methyl sites for hydroxylation is 2. The molecule has 0 bridgehead atoms. The van der Waals surface area contributed by atoms with Gasteiger partial charge < -0.3 is 19.1 Å². The number of carbonyl (C=O) groups is 2. The number of fused-ring (bicyclic) bond motifs is 1. The lowest BCUT2D eigenvalue weighted by molar-refractivity contribution is -0.137. The molecule has 0 atom stereocenters. The van der Waals surface area contributed by atoms with E-state index in [1.54, 1.807) is 7.11 Å². The monoisotopic (exact) mass is 465 g/mol. The molecule has 2 aromatic carbocycles. The highest BCUT2D eigenvalue weighted by atomic mass is 16.5. The van der Waals surface area contributed by atoms with Crippen LogP contribution in [0.15, 0.2) is 30.3 Å². The Labute approximate surface area is 202 Å². The van der Waals surface area contributed by atoms with Gasteiger partial charge >= 0.3 is 0 Å². The Morgan fingerprint density at radius 3 is 2.47 bits per heavy atom. The average Bonchev–Trinajstić information content (AvgIpc) is 2.76. The molecular formula is C28H35NO5. The SMILES string of the molecule is COc1ccc(OCC(=O)N2CCC3(CC2)CC(=O)c2c(C)cc(C)cc2O3)c(C(C)(C)C)c1. The molecule has 0 radical (unpaired) electrons. The Morgan fingerprint density at radius 1 is 1.12 bits per heavy atom. The van der Waals surface area contributed by atoms with E-state index in [0.29, 0.717) is 49.4 Å². The molecule has 0 saturated carbocycles. The van der Waals surface area contributed by atoms with E-state index in [9.17, 15) is 9.59 Å². The van der Waals surface area contributed by atoms with Gasteiger partial charge in [-0.2, -0.15) is 0 Å². The third-order valence-corrected chi connectivity index (χ3v) is 6.90. The number of nitrogens with zero attached hydrogens (tertiary/aromatic N) is 1. The number of hydrogen-bond donors (Lipinski definition) is 0. The fraction of sp³-hybridized carbons (Fsp3) is 0.500. The highest BCUT2D eigenvalue weighted by Crippen LogP contribution is 2.41. The predicted octanol–water partition coefficient (Wildman–Crippen LogP) is 5.01. The molecule has 2 aromatic rings. The summed E-state index contributed by atoms with van der Waals surface area (Å²) in [5.74, 6) is 2.22. The molecule has 34 heavy (non-hydrogen) atoms. The highest BCUT2D eigenvalue weighted by Gasteiger charge is 2.44. The first kappa shape index (κ1) is 24.1. The first-order valence-corrected chi connectivity index (χ1v) is 11.9. The fourth-order valence-electron chi connectivity index (χ4n) is 5.04. The van der Waals surface area contributed by atoms with E-state index < -0.39 is 5.60 Å². The molecule has 0 unspecified atom stereocenters. The van der Waals surface area contributed by atoms with Gasteiger partial charge in [-0.05, 0) is 54.7 Å². The zero-order valence-corrected chi connectivity index (χ0v) is 21.1. The molecule has 2 aliphatic rings. The summed E-state index contributed by atoms with van der Waals surface area (Å²) < 4.78 is 17.8. The molecule has 6 heteroatoms. The van der Waals surface area contributed by atoms with E-state index in [1.165, 1.54) is 0 Å². The standard InChI is InChI=1S/C28H35NO5/c1-18-13-19(2)26-22(30)16-28(34-24(26)14-18)9-11-29(12-10-28)25(31)17-33-23-8-7-20(32-6)15-21(23)27(3,4)5/h7-8,13-15H,9-12,16-17H2,1-6H3. The van der Waals surface area contributed by atoms with Crippen LogP contribution in [0.3, 0.4) is 0 Å². The van der Waals surface area contributed by atoms with Crippen LogP contribution in [0.2, 0.25) is 0 Å². The second kappa shape index (κ2) is 8.97. The van der Waals surface area contributed by atoms with Gasteiger partial charge in [-0.15, -0.1) is 0 Å². The fourth-order valence-corrected chi connectivity index (χ4v) is 5.04. The predicted molar refractivity (Wildman–Crippen MR) is 131 cm³/mol. The van der Waals surface area contributed by atoms with E-state index in [1.807, 2.05) is 49.1 Å². The number of carbonyl (C=O) groups excluding carboxylic acids is 2. The number of rotatable bonds is 4. The van der Waals surface area contributed by atoms with Crippen LogP contribution < -0.4 is 14.2 Å². The minimum Gasteiger partial charge on any atom is -0.497 e. The summed E-state index contributed by atoms with van der Waals surface area (Å²) >= 11 is 0. The third-order valence-electron chi connectivity index (χ3n) is 6.90. The number of ether oxygens (including phenoxy) is 3. The van der Waals surface area contributed by atoms with Crippen LogP contribution in [0.4, 0.5) is 0 Å². The first-order chi connectivity index (χ1) is 16.0. The van der Waals surface area contributed by atoms with E-state index in [-0.39, 0.29) is 23.7 Å². The third kappa shape index (κ3) is 4.77. The second-order valence-corrected chi connectivity index (χ2v) is 10.6. The van der Waals surface area contributed by atoms with Crippen LogP contribution in [0.5, 0.6) is 17.2 Å². The van der Waals surface area contributed by atoms with Crippen LogP contribution in [0.1, 0.15) is 67.1 Å². The molecule has 1 saturated heterocycles. The van der Waals surface area contributed by atoms with E-state index in [4.69, 9.17) is 14.2 Å². The number of hydrogen-bond acceptors (Lipinski definition) is 5. The lowest BCUT2D eigenvalue weighted by Crippen LogP contribution is -2.53. The highest BCUT2D eigenvalue weighted by molar-refractivity contribution is 6.01. The Balaban J connectivity index is 1.40. The molecule has 2 aliphatic heterocycles. The van der Waals surface area contributed by atoms with Gasteiger partial charge in [-0.25, -0.2) is 0 Å². The van der Waals surface area contributed by atoms with Gasteiger partial charge in [0, 0.05) is 31.5 Å². The second-order valence-electron chi connectivity index (χ2n) is 10.6.